The number of piperidine rings is 1. The van der Waals surface area contributed by atoms with Gasteiger partial charge in [-0.25, -0.2) is 0 Å². The summed E-state index contributed by atoms with van der Waals surface area (Å²) in [5.41, 5.74) is 2.65. The Morgan fingerprint density at radius 1 is 1.12 bits per heavy atom. The van der Waals surface area contributed by atoms with Gasteiger partial charge < -0.3 is 10.2 Å². The van der Waals surface area contributed by atoms with E-state index in [4.69, 9.17) is 0 Å². The molecule has 1 atom stereocenters. The molecular weight excluding hydrogens is 314 g/mol. The molecule has 2 amide bonds. The maximum absolute atomic E-state index is 12.5. The minimum Gasteiger partial charge on any atom is -0.352 e. The Kier molecular flexibility index (Phi) is 5.74. The second-order valence-electron chi connectivity index (χ2n) is 7.33. The third kappa shape index (κ3) is 4.40. The number of amides is 2. The van der Waals surface area contributed by atoms with Gasteiger partial charge in [-0.15, -0.1) is 0 Å². The first-order valence-electron chi connectivity index (χ1n) is 9.39. The second-order valence-corrected chi connectivity index (χ2v) is 7.33. The molecule has 136 valence electrons. The van der Waals surface area contributed by atoms with Crippen molar-refractivity contribution < 1.29 is 9.59 Å². The minimum absolute atomic E-state index is 0.113. The van der Waals surface area contributed by atoms with Gasteiger partial charge >= 0.3 is 0 Å². The molecule has 0 aliphatic carbocycles. The lowest BCUT2D eigenvalue weighted by Crippen LogP contribution is -2.48. The first-order chi connectivity index (χ1) is 12.0. The second kappa shape index (κ2) is 8.00. The monoisotopic (exact) mass is 343 g/mol. The summed E-state index contributed by atoms with van der Waals surface area (Å²) in [7, 11) is 0. The van der Waals surface area contributed by atoms with Crippen molar-refractivity contribution in [2.45, 2.75) is 51.6 Å². The Balaban J connectivity index is 1.52. The van der Waals surface area contributed by atoms with Crippen molar-refractivity contribution in [3.8, 4) is 0 Å². The lowest BCUT2D eigenvalue weighted by molar-refractivity contribution is -0.130. The van der Waals surface area contributed by atoms with Gasteiger partial charge in [0.1, 0.15) is 0 Å². The van der Waals surface area contributed by atoms with E-state index in [9.17, 15) is 9.59 Å². The Labute approximate surface area is 150 Å². The smallest absolute Gasteiger partial charge is 0.234 e. The van der Waals surface area contributed by atoms with Crippen LogP contribution in [0.4, 0.5) is 0 Å². The standard InChI is InChI=1S/C20H29N3O2/c1-15-6-3-4-7-18(15)19-8-5-11-23(19)14-20(25)21-17-9-12-22(13-10-17)16(2)24/h3-4,6-7,17,19H,5,8-14H2,1-2H3,(H,21,25). The summed E-state index contributed by atoms with van der Waals surface area (Å²) < 4.78 is 0. The average Bonchev–Trinajstić information content (AvgIpc) is 3.03. The summed E-state index contributed by atoms with van der Waals surface area (Å²) in [4.78, 5) is 28.1. The van der Waals surface area contributed by atoms with Crippen LogP contribution in [0.3, 0.4) is 0 Å². The zero-order chi connectivity index (χ0) is 17.8. The molecule has 1 N–H and O–H groups in total. The molecule has 2 heterocycles. The fraction of sp³-hybridized carbons (Fsp3) is 0.600. The van der Waals surface area contributed by atoms with Crippen LogP contribution in [0.15, 0.2) is 24.3 Å². The Morgan fingerprint density at radius 2 is 1.84 bits per heavy atom. The highest BCUT2D eigenvalue weighted by Crippen LogP contribution is 2.33. The highest BCUT2D eigenvalue weighted by Gasteiger charge is 2.29. The number of hydrogen-bond acceptors (Lipinski definition) is 3. The van der Waals surface area contributed by atoms with E-state index in [0.29, 0.717) is 12.6 Å². The number of carbonyl (C=O) groups excluding carboxylic acids is 2. The highest BCUT2D eigenvalue weighted by molar-refractivity contribution is 5.78. The lowest BCUT2D eigenvalue weighted by Gasteiger charge is -2.32. The van der Waals surface area contributed by atoms with Gasteiger partial charge in [-0.2, -0.15) is 0 Å². The topological polar surface area (TPSA) is 52.7 Å². The van der Waals surface area contributed by atoms with Gasteiger partial charge in [0, 0.05) is 32.1 Å². The Bertz CT molecular complexity index is 623. The van der Waals surface area contributed by atoms with Crippen molar-refractivity contribution in [1.82, 2.24) is 15.1 Å². The van der Waals surface area contributed by atoms with Crippen LogP contribution in [0.25, 0.3) is 0 Å². The highest BCUT2D eigenvalue weighted by atomic mass is 16.2. The van der Waals surface area contributed by atoms with Crippen molar-refractivity contribution in [2.24, 2.45) is 0 Å². The van der Waals surface area contributed by atoms with Gasteiger partial charge in [-0.05, 0) is 50.3 Å². The molecule has 5 heteroatoms. The molecule has 0 spiro atoms. The predicted molar refractivity (Wildman–Crippen MR) is 98.1 cm³/mol. The first-order valence-corrected chi connectivity index (χ1v) is 9.39. The summed E-state index contributed by atoms with van der Waals surface area (Å²) >= 11 is 0. The molecular formula is C20H29N3O2. The minimum atomic E-state index is 0.113. The molecule has 2 fully saturated rings. The van der Waals surface area contributed by atoms with E-state index in [1.165, 1.54) is 11.1 Å². The summed E-state index contributed by atoms with van der Waals surface area (Å²) in [6.45, 7) is 6.69. The van der Waals surface area contributed by atoms with Crippen LogP contribution < -0.4 is 5.32 Å². The van der Waals surface area contributed by atoms with Gasteiger partial charge in [-0.1, -0.05) is 24.3 Å². The molecule has 1 aromatic rings. The van der Waals surface area contributed by atoms with Crippen molar-refractivity contribution >= 4 is 11.8 Å². The number of nitrogens with zero attached hydrogens (tertiary/aromatic N) is 2. The zero-order valence-electron chi connectivity index (χ0n) is 15.3. The Morgan fingerprint density at radius 3 is 2.52 bits per heavy atom. The largest absolute Gasteiger partial charge is 0.352 e. The fourth-order valence-electron chi connectivity index (χ4n) is 4.12. The van der Waals surface area contributed by atoms with Gasteiger partial charge in [0.25, 0.3) is 0 Å². The van der Waals surface area contributed by atoms with E-state index in [1.807, 2.05) is 4.90 Å². The number of rotatable bonds is 4. The molecule has 25 heavy (non-hydrogen) atoms. The van der Waals surface area contributed by atoms with E-state index in [2.05, 4.69) is 41.4 Å². The number of carbonyl (C=O) groups is 2. The molecule has 1 unspecified atom stereocenters. The predicted octanol–water partition coefficient (Wildman–Crippen LogP) is 2.26. The van der Waals surface area contributed by atoms with Crippen LogP contribution in [-0.4, -0.2) is 53.8 Å². The molecule has 0 saturated carbocycles. The molecule has 2 aliphatic heterocycles. The SMILES string of the molecule is CC(=O)N1CCC(NC(=O)CN2CCCC2c2ccccc2C)CC1. The summed E-state index contributed by atoms with van der Waals surface area (Å²) in [6.07, 6.45) is 3.97. The van der Waals surface area contributed by atoms with E-state index < -0.39 is 0 Å². The molecule has 1 aromatic carbocycles. The maximum Gasteiger partial charge on any atom is 0.234 e. The van der Waals surface area contributed by atoms with E-state index in [0.717, 1.165) is 45.3 Å². The molecule has 0 bridgehead atoms. The Hall–Kier alpha value is -1.88. The van der Waals surface area contributed by atoms with Crippen LogP contribution in [0.2, 0.25) is 0 Å². The van der Waals surface area contributed by atoms with Crippen LogP contribution in [-0.2, 0) is 9.59 Å². The summed E-state index contributed by atoms with van der Waals surface area (Å²) in [6, 6.07) is 9.04. The van der Waals surface area contributed by atoms with E-state index in [-0.39, 0.29) is 17.9 Å². The fourth-order valence-corrected chi connectivity index (χ4v) is 4.12. The first kappa shape index (κ1) is 17.9. The average molecular weight is 343 g/mol. The number of benzene rings is 1. The number of likely N-dealkylation sites (tertiary alicyclic amines) is 2. The molecule has 5 nitrogen and oxygen atoms in total. The van der Waals surface area contributed by atoms with Gasteiger partial charge in [0.15, 0.2) is 0 Å². The van der Waals surface area contributed by atoms with Crippen molar-refractivity contribution in [3.63, 3.8) is 0 Å². The summed E-state index contributed by atoms with van der Waals surface area (Å²) in [5.74, 6) is 0.240. The van der Waals surface area contributed by atoms with Crippen LogP contribution >= 0.6 is 0 Å². The molecule has 0 radical (unpaired) electrons. The normalized spacial score (nSPS) is 22.2. The number of hydrogen-bond donors (Lipinski definition) is 1. The maximum atomic E-state index is 12.5. The molecule has 2 aliphatic rings. The third-order valence-electron chi connectivity index (χ3n) is 5.56. The molecule has 0 aromatic heterocycles. The van der Waals surface area contributed by atoms with Crippen molar-refractivity contribution in [3.05, 3.63) is 35.4 Å². The van der Waals surface area contributed by atoms with Crippen molar-refractivity contribution in [2.75, 3.05) is 26.2 Å². The molecule has 3 rings (SSSR count). The van der Waals surface area contributed by atoms with Crippen LogP contribution in [0.5, 0.6) is 0 Å². The van der Waals surface area contributed by atoms with Gasteiger partial charge in [-0.3, -0.25) is 14.5 Å². The zero-order valence-corrected chi connectivity index (χ0v) is 15.3. The van der Waals surface area contributed by atoms with Crippen molar-refractivity contribution in [1.29, 1.82) is 0 Å². The van der Waals surface area contributed by atoms with Crippen LogP contribution in [0, 0.1) is 6.92 Å². The lowest BCUT2D eigenvalue weighted by atomic mass is 9.99. The van der Waals surface area contributed by atoms with Crippen LogP contribution in [0.1, 0.15) is 49.8 Å². The number of aryl methyl sites for hydroxylation is 1. The number of nitrogens with one attached hydrogen (secondary N) is 1. The molecule has 2 saturated heterocycles. The third-order valence-corrected chi connectivity index (χ3v) is 5.56. The quantitative estimate of drug-likeness (QED) is 0.912. The van der Waals surface area contributed by atoms with Gasteiger partial charge in [0.2, 0.25) is 11.8 Å². The van der Waals surface area contributed by atoms with E-state index in [1.54, 1.807) is 6.92 Å². The van der Waals surface area contributed by atoms with E-state index >= 15 is 0 Å². The van der Waals surface area contributed by atoms with Gasteiger partial charge in [0.05, 0.1) is 6.54 Å². The summed E-state index contributed by atoms with van der Waals surface area (Å²) in [5, 5.41) is 3.17.